The second kappa shape index (κ2) is 6.49. The van der Waals surface area contributed by atoms with Crippen LogP contribution in [0.2, 0.25) is 0 Å². The smallest absolute Gasteiger partial charge is 0.274 e. The van der Waals surface area contributed by atoms with E-state index in [9.17, 15) is 9.59 Å². The molecule has 0 fully saturated rings. The van der Waals surface area contributed by atoms with Crippen LogP contribution in [0.4, 0.5) is 5.69 Å². The molecule has 0 unspecified atom stereocenters. The molecule has 1 aromatic heterocycles. The lowest BCUT2D eigenvalue weighted by Gasteiger charge is -2.11. The molecule has 108 valence electrons. The highest BCUT2D eigenvalue weighted by Crippen LogP contribution is 2.19. The van der Waals surface area contributed by atoms with Crippen LogP contribution in [0.5, 0.6) is 0 Å². The predicted octanol–water partition coefficient (Wildman–Crippen LogP) is 2.76. The van der Waals surface area contributed by atoms with E-state index in [2.05, 4.69) is 31.5 Å². The number of carbonyl (C=O) groups excluding carboxylic acids is 2. The van der Waals surface area contributed by atoms with Gasteiger partial charge in [-0.15, -0.1) is 0 Å². The monoisotopic (exact) mass is 347 g/mol. The Morgan fingerprint density at radius 2 is 1.81 bits per heavy atom. The highest BCUT2D eigenvalue weighted by Gasteiger charge is 2.13. The number of anilines is 1. The van der Waals surface area contributed by atoms with E-state index >= 15 is 0 Å². The highest BCUT2D eigenvalue weighted by atomic mass is 79.9. The number of hydrogen-bond donors (Lipinski definition) is 2. The topological polar surface area (TPSA) is 71.1 Å². The van der Waals surface area contributed by atoms with E-state index in [0.717, 1.165) is 0 Å². The van der Waals surface area contributed by atoms with Crippen molar-refractivity contribution >= 4 is 33.4 Å². The molecule has 0 aliphatic carbocycles. The van der Waals surface area contributed by atoms with E-state index in [0.29, 0.717) is 27.1 Å². The third-order valence-electron chi connectivity index (χ3n) is 3.00. The molecule has 0 radical (unpaired) electrons. The Morgan fingerprint density at radius 3 is 2.48 bits per heavy atom. The fourth-order valence-electron chi connectivity index (χ4n) is 1.87. The first-order chi connectivity index (χ1) is 10.0. The van der Waals surface area contributed by atoms with Gasteiger partial charge in [0.05, 0.1) is 0 Å². The van der Waals surface area contributed by atoms with E-state index in [1.807, 2.05) is 0 Å². The van der Waals surface area contributed by atoms with E-state index in [4.69, 9.17) is 0 Å². The quantitative estimate of drug-likeness (QED) is 0.838. The second-order valence-electron chi connectivity index (χ2n) is 4.36. The van der Waals surface area contributed by atoms with Gasteiger partial charge in [-0.2, -0.15) is 0 Å². The fourth-order valence-corrected chi connectivity index (χ4v) is 2.22. The molecule has 1 aromatic carbocycles. The van der Waals surface area contributed by atoms with Gasteiger partial charge in [0.2, 0.25) is 0 Å². The molecule has 0 atom stereocenters. The average Bonchev–Trinajstić information content (AvgIpc) is 2.48. The number of amides is 2. The maximum Gasteiger partial charge on any atom is 0.274 e. The number of pyridine rings is 1. The van der Waals surface area contributed by atoms with Crippen LogP contribution in [0.1, 0.15) is 26.4 Å². The van der Waals surface area contributed by atoms with Crippen LogP contribution < -0.4 is 10.6 Å². The average molecular weight is 348 g/mol. The lowest BCUT2D eigenvalue weighted by atomic mass is 10.1. The standard InChI is InChI=1S/C15H14BrN3O2/c1-9-10(14(20)17-2)5-3-6-11(9)19-15(21)12-7-4-8-13(16)18-12/h3-8H,1-2H3,(H,17,20)(H,19,21). The molecule has 0 bridgehead atoms. The maximum absolute atomic E-state index is 12.2. The Balaban J connectivity index is 2.28. The van der Waals surface area contributed by atoms with Gasteiger partial charge in [-0.05, 0) is 52.7 Å². The summed E-state index contributed by atoms with van der Waals surface area (Å²) in [6.45, 7) is 1.79. The Hall–Kier alpha value is -2.21. The van der Waals surface area contributed by atoms with Gasteiger partial charge in [-0.3, -0.25) is 9.59 Å². The summed E-state index contributed by atoms with van der Waals surface area (Å²) in [5, 5.41) is 5.34. The van der Waals surface area contributed by atoms with Crippen LogP contribution in [0, 0.1) is 6.92 Å². The summed E-state index contributed by atoms with van der Waals surface area (Å²) < 4.78 is 0.589. The number of carbonyl (C=O) groups is 2. The Labute approximate surface area is 130 Å². The van der Waals surface area contributed by atoms with Gasteiger partial charge in [0.1, 0.15) is 10.3 Å². The third-order valence-corrected chi connectivity index (χ3v) is 3.44. The van der Waals surface area contributed by atoms with Gasteiger partial charge < -0.3 is 10.6 Å². The molecule has 0 aliphatic heterocycles. The number of nitrogens with zero attached hydrogens (tertiary/aromatic N) is 1. The van der Waals surface area contributed by atoms with Crippen molar-refractivity contribution in [1.82, 2.24) is 10.3 Å². The number of aromatic nitrogens is 1. The summed E-state index contributed by atoms with van der Waals surface area (Å²) in [6.07, 6.45) is 0. The molecule has 2 rings (SSSR count). The zero-order chi connectivity index (χ0) is 15.4. The lowest BCUT2D eigenvalue weighted by Crippen LogP contribution is -2.20. The molecule has 2 amide bonds. The first kappa shape index (κ1) is 15.2. The molecule has 0 spiro atoms. The normalized spacial score (nSPS) is 10.0. The summed E-state index contributed by atoms with van der Waals surface area (Å²) in [7, 11) is 1.57. The first-order valence-electron chi connectivity index (χ1n) is 6.28. The summed E-state index contributed by atoms with van der Waals surface area (Å²) >= 11 is 3.23. The van der Waals surface area contributed by atoms with Gasteiger partial charge in [-0.25, -0.2) is 4.98 Å². The molecule has 0 aliphatic rings. The number of hydrogen-bond acceptors (Lipinski definition) is 3. The van der Waals surface area contributed by atoms with Crippen molar-refractivity contribution in [2.24, 2.45) is 0 Å². The summed E-state index contributed by atoms with van der Waals surface area (Å²) in [4.78, 5) is 28.0. The number of halogens is 1. The molecular formula is C15H14BrN3O2. The van der Waals surface area contributed by atoms with E-state index in [1.54, 1.807) is 50.4 Å². The number of nitrogens with one attached hydrogen (secondary N) is 2. The zero-order valence-corrected chi connectivity index (χ0v) is 13.2. The molecule has 0 saturated heterocycles. The molecule has 1 heterocycles. The Kier molecular flexibility index (Phi) is 4.70. The minimum atomic E-state index is -0.326. The maximum atomic E-state index is 12.2. The van der Waals surface area contributed by atoms with Crippen LogP contribution >= 0.6 is 15.9 Å². The predicted molar refractivity (Wildman–Crippen MR) is 84.5 cm³/mol. The van der Waals surface area contributed by atoms with Crippen molar-refractivity contribution in [3.8, 4) is 0 Å². The summed E-state index contributed by atoms with van der Waals surface area (Å²) in [5.41, 5.74) is 2.12. The summed E-state index contributed by atoms with van der Waals surface area (Å²) in [6, 6.07) is 10.3. The molecule has 0 saturated carbocycles. The van der Waals surface area contributed by atoms with Crippen LogP contribution in [-0.2, 0) is 0 Å². The Bertz CT molecular complexity index is 701. The van der Waals surface area contributed by atoms with Gasteiger partial charge in [-0.1, -0.05) is 12.1 Å². The second-order valence-corrected chi connectivity index (χ2v) is 5.17. The molecular weight excluding hydrogens is 334 g/mol. The van der Waals surface area contributed by atoms with Crippen molar-refractivity contribution < 1.29 is 9.59 Å². The van der Waals surface area contributed by atoms with Gasteiger partial charge in [0, 0.05) is 18.3 Å². The van der Waals surface area contributed by atoms with Crippen molar-refractivity contribution in [2.75, 3.05) is 12.4 Å². The van der Waals surface area contributed by atoms with Crippen LogP contribution in [0.3, 0.4) is 0 Å². The highest BCUT2D eigenvalue weighted by molar-refractivity contribution is 9.10. The summed E-state index contributed by atoms with van der Waals surface area (Å²) in [5.74, 6) is -0.516. The molecule has 6 heteroatoms. The van der Waals surface area contributed by atoms with Crippen molar-refractivity contribution in [3.63, 3.8) is 0 Å². The molecule has 5 nitrogen and oxygen atoms in total. The number of benzene rings is 1. The molecule has 2 N–H and O–H groups in total. The fraction of sp³-hybridized carbons (Fsp3) is 0.133. The number of rotatable bonds is 3. The van der Waals surface area contributed by atoms with Crippen LogP contribution in [0.25, 0.3) is 0 Å². The minimum Gasteiger partial charge on any atom is -0.355 e. The molecule has 21 heavy (non-hydrogen) atoms. The largest absolute Gasteiger partial charge is 0.355 e. The first-order valence-corrected chi connectivity index (χ1v) is 7.08. The minimum absolute atomic E-state index is 0.191. The van der Waals surface area contributed by atoms with Gasteiger partial charge in [0.15, 0.2) is 0 Å². The van der Waals surface area contributed by atoms with Crippen LogP contribution in [0.15, 0.2) is 41.0 Å². The van der Waals surface area contributed by atoms with Crippen molar-refractivity contribution in [2.45, 2.75) is 6.92 Å². The lowest BCUT2D eigenvalue weighted by molar-refractivity contribution is 0.0960. The van der Waals surface area contributed by atoms with E-state index in [1.165, 1.54) is 0 Å². The SMILES string of the molecule is CNC(=O)c1cccc(NC(=O)c2cccc(Br)n2)c1C. The van der Waals surface area contributed by atoms with Crippen LogP contribution in [-0.4, -0.2) is 23.8 Å². The third kappa shape index (κ3) is 3.46. The van der Waals surface area contributed by atoms with Crippen molar-refractivity contribution in [1.29, 1.82) is 0 Å². The Morgan fingerprint density at radius 1 is 1.10 bits per heavy atom. The van der Waals surface area contributed by atoms with Gasteiger partial charge in [0.25, 0.3) is 11.8 Å². The van der Waals surface area contributed by atoms with Gasteiger partial charge >= 0.3 is 0 Å². The van der Waals surface area contributed by atoms with E-state index < -0.39 is 0 Å². The van der Waals surface area contributed by atoms with Crippen molar-refractivity contribution in [3.05, 3.63) is 57.8 Å². The molecule has 2 aromatic rings. The zero-order valence-electron chi connectivity index (χ0n) is 11.6. The van der Waals surface area contributed by atoms with E-state index in [-0.39, 0.29) is 11.8 Å².